The van der Waals surface area contributed by atoms with E-state index in [-0.39, 0.29) is 47.7 Å². The first kappa shape index (κ1) is 16.5. The van der Waals surface area contributed by atoms with Crippen LogP contribution in [0.4, 0.5) is 0 Å². The Balaban J connectivity index is 1.80. The van der Waals surface area contributed by atoms with Gasteiger partial charge in [-0.2, -0.15) is 0 Å². The van der Waals surface area contributed by atoms with Crippen molar-refractivity contribution in [1.82, 2.24) is 0 Å². The summed E-state index contributed by atoms with van der Waals surface area (Å²) in [5, 5.41) is 49.5. The number of benzene rings is 2. The average Bonchev–Trinajstić information content (AvgIpc) is 3.01. The van der Waals surface area contributed by atoms with Crippen molar-refractivity contribution in [3.05, 3.63) is 41.0 Å². The molecule has 0 radical (unpaired) electrons. The molecule has 8 heteroatoms. The van der Waals surface area contributed by atoms with Gasteiger partial charge in [-0.1, -0.05) is 0 Å². The molecule has 0 aliphatic carbocycles. The lowest BCUT2D eigenvalue weighted by molar-refractivity contribution is 0.0209. The van der Waals surface area contributed by atoms with Gasteiger partial charge in [0.1, 0.15) is 22.8 Å². The molecule has 2 aliphatic heterocycles. The van der Waals surface area contributed by atoms with E-state index in [4.69, 9.17) is 9.47 Å². The van der Waals surface area contributed by atoms with Crippen LogP contribution in [0.2, 0.25) is 0 Å². The number of aliphatic hydroxyl groups is 2. The predicted octanol–water partition coefficient (Wildman–Crippen LogP) is 0.949. The van der Waals surface area contributed by atoms with Crippen molar-refractivity contribution in [2.45, 2.75) is 18.1 Å². The monoisotopic (exact) mass is 360 g/mol. The maximum Gasteiger partial charge on any atom is 0.202 e. The van der Waals surface area contributed by atoms with Crippen molar-refractivity contribution in [1.29, 1.82) is 0 Å². The SMILES string of the molecule is O=C1c2c(O)cc(O)cc2OC(c2cc(O)c3c(c2)C(CO)CO3)C1O. The van der Waals surface area contributed by atoms with Crippen molar-refractivity contribution >= 4 is 5.78 Å². The minimum absolute atomic E-state index is 0.0715. The van der Waals surface area contributed by atoms with Gasteiger partial charge in [0.05, 0.1) is 13.2 Å². The lowest BCUT2D eigenvalue weighted by atomic mass is 9.90. The fourth-order valence-electron chi connectivity index (χ4n) is 3.37. The van der Waals surface area contributed by atoms with Gasteiger partial charge < -0.3 is 35.0 Å². The summed E-state index contributed by atoms with van der Waals surface area (Å²) in [5.41, 5.74) is 0.642. The van der Waals surface area contributed by atoms with Gasteiger partial charge in [-0.15, -0.1) is 0 Å². The quantitative estimate of drug-likeness (QED) is 0.534. The molecule has 2 aliphatic rings. The summed E-state index contributed by atoms with van der Waals surface area (Å²) in [6.45, 7) is 0.0217. The Morgan fingerprint density at radius 3 is 2.58 bits per heavy atom. The van der Waals surface area contributed by atoms with Crippen molar-refractivity contribution in [2.75, 3.05) is 13.2 Å². The lowest BCUT2D eigenvalue weighted by Crippen LogP contribution is -2.36. The summed E-state index contributed by atoms with van der Waals surface area (Å²) < 4.78 is 11.0. The van der Waals surface area contributed by atoms with Crippen LogP contribution in [0, 0.1) is 0 Å². The highest BCUT2D eigenvalue weighted by molar-refractivity contribution is 6.05. The van der Waals surface area contributed by atoms with E-state index < -0.39 is 23.7 Å². The molecule has 0 spiro atoms. The molecule has 2 aromatic rings. The molecule has 8 nitrogen and oxygen atoms in total. The molecule has 0 saturated heterocycles. The molecule has 26 heavy (non-hydrogen) atoms. The minimum atomic E-state index is -1.62. The molecular formula is C18H16O8. The van der Waals surface area contributed by atoms with Gasteiger partial charge in [-0.05, 0) is 17.7 Å². The predicted molar refractivity (Wildman–Crippen MR) is 86.9 cm³/mol. The number of ether oxygens (including phenoxy) is 2. The number of hydrogen-bond donors (Lipinski definition) is 5. The van der Waals surface area contributed by atoms with Crippen LogP contribution >= 0.6 is 0 Å². The second kappa shape index (κ2) is 5.79. The zero-order valence-electron chi connectivity index (χ0n) is 13.4. The third-order valence-electron chi connectivity index (χ3n) is 4.66. The number of phenols is 3. The number of aromatic hydroxyl groups is 3. The fourth-order valence-corrected chi connectivity index (χ4v) is 3.37. The second-order valence-electron chi connectivity index (χ2n) is 6.33. The smallest absolute Gasteiger partial charge is 0.202 e. The van der Waals surface area contributed by atoms with Crippen LogP contribution in [-0.2, 0) is 0 Å². The van der Waals surface area contributed by atoms with Gasteiger partial charge in [0, 0.05) is 23.6 Å². The van der Waals surface area contributed by atoms with Gasteiger partial charge in [0.15, 0.2) is 23.7 Å². The van der Waals surface area contributed by atoms with Gasteiger partial charge in [-0.25, -0.2) is 0 Å². The molecule has 0 fully saturated rings. The molecule has 3 unspecified atom stereocenters. The summed E-state index contributed by atoms with van der Waals surface area (Å²) in [6, 6.07) is 5.06. The fraction of sp³-hybridized carbons (Fsp3) is 0.278. The van der Waals surface area contributed by atoms with Crippen molar-refractivity contribution in [3.63, 3.8) is 0 Å². The molecule has 2 heterocycles. The van der Waals surface area contributed by atoms with E-state index >= 15 is 0 Å². The number of hydrogen-bond acceptors (Lipinski definition) is 8. The van der Waals surface area contributed by atoms with Crippen molar-refractivity contribution in [2.24, 2.45) is 0 Å². The van der Waals surface area contributed by atoms with E-state index in [1.807, 2.05) is 0 Å². The zero-order valence-corrected chi connectivity index (χ0v) is 13.4. The van der Waals surface area contributed by atoms with E-state index in [0.29, 0.717) is 11.1 Å². The van der Waals surface area contributed by atoms with Crippen molar-refractivity contribution < 1.29 is 39.8 Å². The molecule has 4 rings (SSSR count). The summed E-state index contributed by atoms with van der Waals surface area (Å²) in [7, 11) is 0. The number of ketones is 1. The molecular weight excluding hydrogens is 344 g/mol. The number of carbonyl (C=O) groups excluding carboxylic acids is 1. The Labute approximate surface area is 147 Å². The maximum atomic E-state index is 12.5. The van der Waals surface area contributed by atoms with Crippen LogP contribution in [0.1, 0.15) is 33.5 Å². The Morgan fingerprint density at radius 1 is 1.08 bits per heavy atom. The largest absolute Gasteiger partial charge is 0.508 e. The normalized spacial score (nSPS) is 23.8. The number of aliphatic hydroxyl groups excluding tert-OH is 2. The Bertz CT molecular complexity index is 907. The number of fused-ring (bicyclic) bond motifs is 2. The van der Waals surface area contributed by atoms with Crippen LogP contribution < -0.4 is 9.47 Å². The summed E-state index contributed by atoms with van der Waals surface area (Å²) in [4.78, 5) is 12.5. The standard InChI is InChI=1S/C18H16O8/c19-5-8-6-25-18-10(8)1-7(2-12(18)22)17-16(24)15(23)14-11(21)3-9(20)4-13(14)26-17/h1-4,8,16-17,19-22,24H,5-6H2. The number of rotatable bonds is 2. The highest BCUT2D eigenvalue weighted by atomic mass is 16.5. The summed E-state index contributed by atoms with van der Waals surface area (Å²) >= 11 is 0. The molecule has 0 saturated carbocycles. The molecule has 0 amide bonds. The first-order valence-corrected chi connectivity index (χ1v) is 7.96. The van der Waals surface area contributed by atoms with E-state index in [1.165, 1.54) is 12.1 Å². The molecule has 3 atom stereocenters. The molecule has 5 N–H and O–H groups in total. The van der Waals surface area contributed by atoms with E-state index in [1.54, 1.807) is 6.07 Å². The maximum absolute atomic E-state index is 12.5. The Hall–Kier alpha value is -2.97. The number of carbonyl (C=O) groups is 1. The molecule has 0 aromatic heterocycles. The minimum Gasteiger partial charge on any atom is -0.508 e. The first-order valence-electron chi connectivity index (χ1n) is 7.96. The zero-order chi connectivity index (χ0) is 18.6. The Kier molecular flexibility index (Phi) is 3.67. The number of Topliss-reactive ketones (excluding diaryl/α,β-unsaturated/α-hetero) is 1. The summed E-state index contributed by atoms with van der Waals surface area (Å²) in [5.74, 6) is -1.90. The average molecular weight is 360 g/mol. The van der Waals surface area contributed by atoms with Crippen LogP contribution in [0.3, 0.4) is 0 Å². The van der Waals surface area contributed by atoms with Gasteiger partial charge in [0.25, 0.3) is 0 Å². The molecule has 136 valence electrons. The van der Waals surface area contributed by atoms with Crippen LogP contribution in [0.15, 0.2) is 24.3 Å². The lowest BCUT2D eigenvalue weighted by Gasteiger charge is -2.30. The van der Waals surface area contributed by atoms with Gasteiger partial charge >= 0.3 is 0 Å². The third-order valence-corrected chi connectivity index (χ3v) is 4.66. The second-order valence-corrected chi connectivity index (χ2v) is 6.33. The first-order chi connectivity index (χ1) is 12.4. The topological polar surface area (TPSA) is 137 Å². The van der Waals surface area contributed by atoms with Crippen LogP contribution in [-0.4, -0.2) is 50.6 Å². The van der Waals surface area contributed by atoms with Gasteiger partial charge in [0.2, 0.25) is 5.78 Å². The van der Waals surface area contributed by atoms with Crippen LogP contribution in [0.5, 0.6) is 28.7 Å². The molecule has 0 bridgehead atoms. The number of phenolic OH excluding ortho intramolecular Hbond substituents is 3. The van der Waals surface area contributed by atoms with Crippen LogP contribution in [0.25, 0.3) is 0 Å². The van der Waals surface area contributed by atoms with Gasteiger partial charge in [-0.3, -0.25) is 4.79 Å². The van der Waals surface area contributed by atoms with E-state index in [2.05, 4.69) is 0 Å². The molecule has 2 aromatic carbocycles. The van der Waals surface area contributed by atoms with E-state index in [9.17, 15) is 30.3 Å². The third kappa shape index (κ3) is 2.34. The van der Waals surface area contributed by atoms with E-state index in [0.717, 1.165) is 6.07 Å². The Morgan fingerprint density at radius 2 is 1.85 bits per heavy atom. The van der Waals surface area contributed by atoms with Crippen molar-refractivity contribution in [3.8, 4) is 28.7 Å². The highest BCUT2D eigenvalue weighted by Gasteiger charge is 2.40. The highest BCUT2D eigenvalue weighted by Crippen LogP contribution is 2.46. The summed E-state index contributed by atoms with van der Waals surface area (Å²) in [6.07, 6.45) is -2.78.